The van der Waals surface area contributed by atoms with Crippen molar-refractivity contribution < 1.29 is 0 Å². The number of rotatable bonds is 6. The maximum absolute atomic E-state index is 5.20. The van der Waals surface area contributed by atoms with Crippen LogP contribution in [0.15, 0.2) is 194 Å². The number of benzene rings is 8. The molecule has 2 nitrogen and oxygen atoms in total. The summed E-state index contributed by atoms with van der Waals surface area (Å²) in [5.74, 6) is 0.698. The molecule has 0 amide bonds. The van der Waals surface area contributed by atoms with Crippen molar-refractivity contribution in [2.24, 2.45) is 0 Å². The van der Waals surface area contributed by atoms with Crippen LogP contribution >= 0.6 is 0 Å². The van der Waals surface area contributed by atoms with E-state index in [2.05, 4.69) is 182 Å². The van der Waals surface area contributed by atoms with Gasteiger partial charge in [-0.1, -0.05) is 176 Å². The highest BCUT2D eigenvalue weighted by molar-refractivity contribution is 6.13. The van der Waals surface area contributed by atoms with Crippen molar-refractivity contribution in [3.63, 3.8) is 0 Å². The molecule has 0 radical (unpaired) electrons. The average molecular weight is 637 g/mol. The van der Waals surface area contributed by atoms with E-state index in [-0.39, 0.29) is 0 Å². The summed E-state index contributed by atoms with van der Waals surface area (Å²) in [7, 11) is 0. The molecule has 0 aliphatic rings. The molecule has 2 heteroatoms. The second kappa shape index (κ2) is 12.8. The lowest BCUT2D eigenvalue weighted by Crippen LogP contribution is -1.96. The fourth-order valence-corrected chi connectivity index (χ4v) is 6.92. The van der Waals surface area contributed by atoms with Crippen molar-refractivity contribution in [2.75, 3.05) is 0 Å². The Bertz CT molecular complexity index is 2510. The van der Waals surface area contributed by atoms with Crippen molar-refractivity contribution in [2.45, 2.75) is 0 Å². The lowest BCUT2D eigenvalue weighted by atomic mass is 9.92. The van der Waals surface area contributed by atoms with Crippen LogP contribution in [0.5, 0.6) is 0 Å². The molecule has 8 aromatic carbocycles. The van der Waals surface area contributed by atoms with Crippen LogP contribution < -0.4 is 0 Å². The molecule has 0 unspecified atom stereocenters. The third kappa shape index (κ3) is 5.63. The Morgan fingerprint density at radius 3 is 1.30 bits per heavy atom. The van der Waals surface area contributed by atoms with Gasteiger partial charge in [0.25, 0.3) is 0 Å². The molecule has 9 aromatic rings. The fraction of sp³-hybridized carbons (Fsp3) is 0. The standard InChI is InChI=1S/C48H32N2/c1-3-12-33(13-4-1)35-22-26-37(27-23-35)46-32-47(38-28-24-36(25-29-38)34-14-5-2-6-15-34)50-48(49-46)41-18-11-17-39(30-41)45-31-40-16-7-8-19-42(40)43-20-9-10-21-44(43)45/h1-32H. The highest BCUT2D eigenvalue weighted by atomic mass is 14.9. The first-order valence-corrected chi connectivity index (χ1v) is 17.0. The number of hydrogen-bond acceptors (Lipinski definition) is 2. The van der Waals surface area contributed by atoms with E-state index < -0.39 is 0 Å². The Hall–Kier alpha value is -6.64. The van der Waals surface area contributed by atoms with Crippen LogP contribution in [-0.4, -0.2) is 9.97 Å². The average Bonchev–Trinajstić information content (AvgIpc) is 3.21. The second-order valence-electron chi connectivity index (χ2n) is 12.6. The SMILES string of the molecule is c1ccc(-c2ccc(-c3cc(-c4ccc(-c5ccccc5)cc4)nc(-c4cccc(-c5cc6ccccc6c6ccccc56)c4)n3)cc2)cc1. The van der Waals surface area contributed by atoms with Gasteiger partial charge in [0.2, 0.25) is 0 Å². The van der Waals surface area contributed by atoms with Gasteiger partial charge in [0, 0.05) is 16.7 Å². The van der Waals surface area contributed by atoms with Gasteiger partial charge >= 0.3 is 0 Å². The van der Waals surface area contributed by atoms with Gasteiger partial charge in [-0.2, -0.15) is 0 Å². The Morgan fingerprint density at radius 2 is 0.700 bits per heavy atom. The lowest BCUT2D eigenvalue weighted by molar-refractivity contribution is 1.18. The third-order valence-electron chi connectivity index (χ3n) is 9.50. The Morgan fingerprint density at radius 1 is 0.260 bits per heavy atom. The minimum atomic E-state index is 0.698. The maximum Gasteiger partial charge on any atom is 0.160 e. The zero-order valence-corrected chi connectivity index (χ0v) is 27.4. The van der Waals surface area contributed by atoms with Gasteiger partial charge in [-0.15, -0.1) is 0 Å². The zero-order chi connectivity index (χ0) is 33.3. The molecule has 0 saturated heterocycles. The predicted octanol–water partition coefficient (Wildman–Crippen LogP) is 12.8. The Kier molecular flexibility index (Phi) is 7.53. The van der Waals surface area contributed by atoms with Crippen molar-refractivity contribution in [1.82, 2.24) is 9.97 Å². The van der Waals surface area contributed by atoms with Crippen LogP contribution in [0.4, 0.5) is 0 Å². The summed E-state index contributed by atoms with van der Waals surface area (Å²) in [6, 6.07) is 68.7. The molecule has 0 fully saturated rings. The molecule has 0 saturated carbocycles. The molecule has 0 bridgehead atoms. The maximum atomic E-state index is 5.20. The molecule has 0 spiro atoms. The molecule has 9 rings (SSSR count). The van der Waals surface area contributed by atoms with E-state index in [1.807, 2.05) is 12.1 Å². The van der Waals surface area contributed by atoms with E-state index >= 15 is 0 Å². The minimum Gasteiger partial charge on any atom is -0.228 e. The van der Waals surface area contributed by atoms with Crippen molar-refractivity contribution >= 4 is 21.5 Å². The zero-order valence-electron chi connectivity index (χ0n) is 27.4. The Balaban J connectivity index is 1.17. The van der Waals surface area contributed by atoms with Gasteiger partial charge in [-0.05, 0) is 73.1 Å². The molecular weight excluding hydrogens is 605 g/mol. The number of hydrogen-bond donors (Lipinski definition) is 0. The van der Waals surface area contributed by atoms with E-state index in [0.717, 1.165) is 33.6 Å². The quantitative estimate of drug-likeness (QED) is 0.170. The second-order valence-corrected chi connectivity index (χ2v) is 12.6. The van der Waals surface area contributed by atoms with Crippen LogP contribution in [0, 0.1) is 0 Å². The van der Waals surface area contributed by atoms with Crippen molar-refractivity contribution in [3.05, 3.63) is 194 Å². The van der Waals surface area contributed by atoms with Crippen LogP contribution in [0.1, 0.15) is 0 Å². The van der Waals surface area contributed by atoms with Crippen LogP contribution in [0.3, 0.4) is 0 Å². The van der Waals surface area contributed by atoms with Crippen molar-refractivity contribution in [3.8, 4) is 67.3 Å². The lowest BCUT2D eigenvalue weighted by Gasteiger charge is -2.13. The smallest absolute Gasteiger partial charge is 0.160 e. The highest BCUT2D eigenvalue weighted by Gasteiger charge is 2.14. The summed E-state index contributed by atoms with van der Waals surface area (Å²) in [5.41, 5.74) is 11.9. The van der Waals surface area contributed by atoms with Gasteiger partial charge in [0.05, 0.1) is 11.4 Å². The van der Waals surface area contributed by atoms with E-state index in [1.54, 1.807) is 0 Å². The molecule has 0 N–H and O–H groups in total. The van der Waals surface area contributed by atoms with E-state index in [4.69, 9.17) is 9.97 Å². The summed E-state index contributed by atoms with van der Waals surface area (Å²) in [4.78, 5) is 10.4. The van der Waals surface area contributed by atoms with Gasteiger partial charge in [0.15, 0.2) is 5.82 Å². The first-order valence-electron chi connectivity index (χ1n) is 17.0. The molecule has 1 aromatic heterocycles. The summed E-state index contributed by atoms with van der Waals surface area (Å²) in [6.07, 6.45) is 0. The molecule has 0 atom stereocenters. The molecular formula is C48H32N2. The number of fused-ring (bicyclic) bond motifs is 3. The fourth-order valence-electron chi connectivity index (χ4n) is 6.92. The summed E-state index contributed by atoms with van der Waals surface area (Å²) >= 11 is 0. The van der Waals surface area contributed by atoms with Gasteiger partial charge in [-0.25, -0.2) is 9.97 Å². The molecule has 0 aliphatic carbocycles. The van der Waals surface area contributed by atoms with Gasteiger partial charge in [-0.3, -0.25) is 0 Å². The number of nitrogens with zero attached hydrogens (tertiary/aromatic N) is 2. The summed E-state index contributed by atoms with van der Waals surface area (Å²) < 4.78 is 0. The van der Waals surface area contributed by atoms with Crippen LogP contribution in [-0.2, 0) is 0 Å². The van der Waals surface area contributed by atoms with Gasteiger partial charge < -0.3 is 0 Å². The topological polar surface area (TPSA) is 25.8 Å². The van der Waals surface area contributed by atoms with Crippen LogP contribution in [0.25, 0.3) is 88.8 Å². The summed E-state index contributed by atoms with van der Waals surface area (Å²) in [6.45, 7) is 0. The Labute approximate surface area is 292 Å². The molecule has 0 aliphatic heterocycles. The molecule has 1 heterocycles. The first-order chi connectivity index (χ1) is 24.8. The van der Waals surface area contributed by atoms with Gasteiger partial charge in [0.1, 0.15) is 0 Å². The molecule has 234 valence electrons. The number of aromatic nitrogens is 2. The third-order valence-corrected chi connectivity index (χ3v) is 9.50. The highest BCUT2D eigenvalue weighted by Crippen LogP contribution is 2.37. The van der Waals surface area contributed by atoms with E-state index in [1.165, 1.54) is 49.4 Å². The summed E-state index contributed by atoms with van der Waals surface area (Å²) in [5, 5.41) is 4.98. The largest absolute Gasteiger partial charge is 0.228 e. The minimum absolute atomic E-state index is 0.698. The predicted molar refractivity (Wildman–Crippen MR) is 210 cm³/mol. The normalized spacial score (nSPS) is 11.2. The van der Waals surface area contributed by atoms with Crippen molar-refractivity contribution in [1.29, 1.82) is 0 Å². The monoisotopic (exact) mass is 636 g/mol. The van der Waals surface area contributed by atoms with E-state index in [9.17, 15) is 0 Å². The van der Waals surface area contributed by atoms with Crippen LogP contribution in [0.2, 0.25) is 0 Å². The molecule has 50 heavy (non-hydrogen) atoms. The first kappa shape index (κ1) is 29.5. The van der Waals surface area contributed by atoms with E-state index in [0.29, 0.717) is 5.82 Å².